The third-order valence-corrected chi connectivity index (χ3v) is 8.73. The first-order chi connectivity index (χ1) is 18.4. The highest BCUT2D eigenvalue weighted by atomic mass is 32.2. The van der Waals surface area contributed by atoms with E-state index in [1.54, 1.807) is 49.9 Å². The predicted octanol–water partition coefficient (Wildman–Crippen LogP) is 2.67. The summed E-state index contributed by atoms with van der Waals surface area (Å²) in [7, 11) is 0. The number of carbonyl (C=O) groups excluding carboxylic acids is 3. The maximum absolute atomic E-state index is 12.9. The minimum Gasteiger partial charge on any atom is -0.463 e. The van der Waals surface area contributed by atoms with E-state index in [4.69, 9.17) is 18.8 Å². The van der Waals surface area contributed by atoms with Gasteiger partial charge in [-0.3, -0.25) is 14.3 Å². The van der Waals surface area contributed by atoms with Crippen LogP contribution in [0, 0.1) is 5.21 Å². The van der Waals surface area contributed by atoms with Crippen molar-refractivity contribution in [2.24, 2.45) is 0 Å². The van der Waals surface area contributed by atoms with Crippen LogP contribution in [-0.4, -0.2) is 70.6 Å². The SMILES string of the molecule is CCOC(=O)C1=C(C(=O)OCC)C2CSC(CS1)N2CCCC(=O)OCc1c(-c2ccccc2)no[n+]1[O-]. The number of fused-ring (bicyclic) bond motifs is 2. The van der Waals surface area contributed by atoms with E-state index in [0.717, 1.165) is 0 Å². The number of ether oxygens (including phenoxy) is 3. The summed E-state index contributed by atoms with van der Waals surface area (Å²) in [6.45, 7) is 4.09. The molecule has 0 saturated carbocycles. The van der Waals surface area contributed by atoms with Crippen molar-refractivity contribution in [3.8, 4) is 11.3 Å². The van der Waals surface area contributed by atoms with Gasteiger partial charge in [-0.05, 0) is 25.2 Å². The van der Waals surface area contributed by atoms with E-state index < -0.39 is 17.9 Å². The van der Waals surface area contributed by atoms with E-state index >= 15 is 0 Å². The molecule has 1 aromatic heterocycles. The van der Waals surface area contributed by atoms with E-state index in [9.17, 15) is 19.6 Å². The predicted molar refractivity (Wildman–Crippen MR) is 139 cm³/mol. The lowest BCUT2D eigenvalue weighted by atomic mass is 10.1. The quantitative estimate of drug-likeness (QED) is 0.226. The van der Waals surface area contributed by atoms with E-state index in [1.165, 1.54) is 11.8 Å². The van der Waals surface area contributed by atoms with Crippen LogP contribution in [0.25, 0.3) is 11.3 Å². The van der Waals surface area contributed by atoms with Crippen molar-refractivity contribution in [1.82, 2.24) is 10.1 Å². The van der Waals surface area contributed by atoms with Crippen LogP contribution in [0.3, 0.4) is 0 Å². The molecule has 0 aliphatic carbocycles. The molecule has 1 fully saturated rings. The number of esters is 3. The Morgan fingerprint density at radius 1 is 1.11 bits per heavy atom. The molecule has 0 spiro atoms. The smallest absolute Gasteiger partial charge is 0.345 e. The number of aromatic nitrogens is 2. The summed E-state index contributed by atoms with van der Waals surface area (Å²) in [6.07, 6.45) is 0.580. The molecule has 2 aliphatic heterocycles. The van der Waals surface area contributed by atoms with Crippen LogP contribution in [-0.2, 0) is 35.2 Å². The number of nitrogens with zero attached hydrogens (tertiary/aromatic N) is 3. The molecule has 1 saturated heterocycles. The molecule has 1 aromatic carbocycles. The number of thioether (sulfide) groups is 2. The van der Waals surface area contributed by atoms with Crippen LogP contribution in [0.2, 0.25) is 0 Å². The summed E-state index contributed by atoms with van der Waals surface area (Å²) in [5.41, 5.74) is 1.43. The van der Waals surface area contributed by atoms with Gasteiger partial charge in [0.1, 0.15) is 4.91 Å². The largest absolute Gasteiger partial charge is 0.463 e. The van der Waals surface area contributed by atoms with E-state index in [2.05, 4.69) is 10.1 Å². The van der Waals surface area contributed by atoms with Crippen LogP contribution in [0.1, 0.15) is 32.4 Å². The Hall–Kier alpha value is -3.03. The lowest BCUT2D eigenvalue weighted by Gasteiger charge is -2.27. The van der Waals surface area contributed by atoms with Crippen molar-refractivity contribution in [1.29, 1.82) is 0 Å². The summed E-state index contributed by atoms with van der Waals surface area (Å²) in [6, 6.07) is 8.69. The van der Waals surface area contributed by atoms with Gasteiger partial charge in [-0.1, -0.05) is 30.3 Å². The molecule has 13 heteroatoms. The van der Waals surface area contributed by atoms with Crippen LogP contribution in [0.4, 0.5) is 0 Å². The van der Waals surface area contributed by atoms with Crippen LogP contribution >= 0.6 is 23.5 Å². The number of hydrogen-bond acceptors (Lipinski definition) is 12. The van der Waals surface area contributed by atoms with Gasteiger partial charge in [-0.2, -0.15) is 0 Å². The van der Waals surface area contributed by atoms with Gasteiger partial charge in [0.15, 0.2) is 6.61 Å². The van der Waals surface area contributed by atoms with E-state index in [1.807, 2.05) is 6.07 Å². The van der Waals surface area contributed by atoms with Gasteiger partial charge < -0.3 is 19.4 Å². The molecule has 2 aliphatic rings. The van der Waals surface area contributed by atoms with Gasteiger partial charge in [0, 0.05) is 35.2 Å². The molecule has 4 rings (SSSR count). The fourth-order valence-electron chi connectivity index (χ4n) is 4.30. The first kappa shape index (κ1) is 28.0. The van der Waals surface area contributed by atoms with Crippen LogP contribution in [0.5, 0.6) is 0 Å². The first-order valence-corrected chi connectivity index (χ1v) is 14.4. The summed E-state index contributed by atoms with van der Waals surface area (Å²) in [5, 5.41) is 15.9. The maximum Gasteiger partial charge on any atom is 0.345 e. The molecular weight excluding hydrogens is 534 g/mol. The third-order valence-electron chi connectivity index (χ3n) is 6.04. The number of benzene rings is 1. The maximum atomic E-state index is 12.9. The van der Waals surface area contributed by atoms with E-state index in [0.29, 0.717) is 46.2 Å². The molecule has 0 N–H and O–H groups in total. The van der Waals surface area contributed by atoms with Gasteiger partial charge in [0.25, 0.3) is 5.69 Å². The van der Waals surface area contributed by atoms with Crippen LogP contribution in [0.15, 0.2) is 45.4 Å². The Bertz CT molecular complexity index is 1190. The Balaban J connectivity index is 1.37. The summed E-state index contributed by atoms with van der Waals surface area (Å²) in [4.78, 5) is 40.7. The van der Waals surface area contributed by atoms with Gasteiger partial charge in [-0.25, -0.2) is 9.59 Å². The van der Waals surface area contributed by atoms with Gasteiger partial charge in [-0.15, -0.1) is 23.5 Å². The molecule has 2 atom stereocenters. The standard InChI is InChI=1S/C25H29N3O8S2/c1-3-33-24(30)21-18-14-37-19(15-38-23(21)25(31)34-4-2)27(18)12-8-11-20(29)35-13-17-22(26-36-28(17)32)16-9-6-5-7-10-16/h5-7,9-10,18-19H,3-4,8,11-15H2,1-2H3. The average molecular weight is 564 g/mol. The number of hydrogen-bond donors (Lipinski definition) is 0. The third kappa shape index (κ3) is 6.33. The molecule has 3 heterocycles. The summed E-state index contributed by atoms with van der Waals surface area (Å²) in [5.74, 6) is -0.272. The molecule has 2 unspecified atom stereocenters. The zero-order chi connectivity index (χ0) is 27.1. The Morgan fingerprint density at radius 3 is 2.58 bits per heavy atom. The van der Waals surface area contributed by atoms with Gasteiger partial charge in [0.05, 0.1) is 30.2 Å². The summed E-state index contributed by atoms with van der Waals surface area (Å²) >= 11 is 3.02. The second-order valence-electron chi connectivity index (χ2n) is 8.39. The molecule has 0 radical (unpaired) electrons. The number of rotatable bonds is 11. The zero-order valence-corrected chi connectivity index (χ0v) is 22.8. The fourth-order valence-corrected chi connectivity index (χ4v) is 7.15. The molecule has 11 nitrogen and oxygen atoms in total. The van der Waals surface area contributed by atoms with Crippen molar-refractivity contribution in [2.45, 2.75) is 44.7 Å². The zero-order valence-electron chi connectivity index (χ0n) is 21.1. The Kier molecular flexibility index (Phi) is 9.69. The van der Waals surface area contributed by atoms with Crippen molar-refractivity contribution in [3.63, 3.8) is 0 Å². The average Bonchev–Trinajstić information content (AvgIpc) is 3.42. The second-order valence-corrected chi connectivity index (χ2v) is 10.6. The van der Waals surface area contributed by atoms with Crippen molar-refractivity contribution < 1.29 is 38.1 Å². The molecule has 0 amide bonds. The topological polar surface area (TPSA) is 135 Å². The Morgan fingerprint density at radius 2 is 1.84 bits per heavy atom. The molecule has 204 valence electrons. The normalized spacial score (nSPS) is 19.2. The Labute approximate surface area is 228 Å². The van der Waals surface area contributed by atoms with Crippen LogP contribution < -0.4 is 4.90 Å². The number of carbonyl (C=O) groups is 3. The highest BCUT2D eigenvalue weighted by Crippen LogP contribution is 2.42. The van der Waals surface area contributed by atoms with Crippen molar-refractivity contribution in [3.05, 3.63) is 51.7 Å². The minimum absolute atomic E-state index is 0.0715. The molecule has 38 heavy (non-hydrogen) atoms. The highest BCUT2D eigenvalue weighted by Gasteiger charge is 2.44. The molecule has 2 bridgehead atoms. The molecular formula is C25H29N3O8S2. The van der Waals surface area contributed by atoms with Crippen molar-refractivity contribution >= 4 is 41.4 Å². The van der Waals surface area contributed by atoms with Gasteiger partial charge in [0.2, 0.25) is 5.69 Å². The fraction of sp³-hybridized carbons (Fsp3) is 0.480. The van der Waals surface area contributed by atoms with Gasteiger partial charge >= 0.3 is 17.9 Å². The van der Waals surface area contributed by atoms with E-state index in [-0.39, 0.29) is 48.3 Å². The first-order valence-electron chi connectivity index (χ1n) is 12.3. The highest BCUT2D eigenvalue weighted by molar-refractivity contribution is 8.06. The summed E-state index contributed by atoms with van der Waals surface area (Å²) < 4.78 is 20.5. The monoisotopic (exact) mass is 563 g/mol. The second kappa shape index (κ2) is 13.2. The lowest BCUT2D eigenvalue weighted by molar-refractivity contribution is -0.808. The molecule has 2 aromatic rings. The minimum atomic E-state index is -0.519. The lowest BCUT2D eigenvalue weighted by Crippen LogP contribution is -2.40. The van der Waals surface area contributed by atoms with Crippen molar-refractivity contribution in [2.75, 3.05) is 31.3 Å².